The van der Waals surface area contributed by atoms with Gasteiger partial charge in [0.1, 0.15) is 0 Å². The lowest BCUT2D eigenvalue weighted by atomic mass is 10.1. The lowest BCUT2D eigenvalue weighted by molar-refractivity contribution is -0.137. The minimum absolute atomic E-state index is 0.158. The lowest BCUT2D eigenvalue weighted by Crippen LogP contribution is -2.48. The highest BCUT2D eigenvalue weighted by atomic mass is 19.4. The van der Waals surface area contributed by atoms with E-state index in [2.05, 4.69) is 15.5 Å². The number of alkyl halides is 3. The third kappa shape index (κ3) is 6.80. The fourth-order valence-electron chi connectivity index (χ4n) is 3.57. The van der Waals surface area contributed by atoms with Crippen molar-refractivity contribution in [1.82, 2.24) is 15.1 Å². The molecular weight excluding hydrogens is 421 g/mol. The average Bonchev–Trinajstić information content (AvgIpc) is 2.75. The smallest absolute Gasteiger partial charge is 0.352 e. The number of carbonyl (C=O) groups excluding carboxylic acids is 2. The highest BCUT2D eigenvalue weighted by Gasteiger charge is 2.30. The molecule has 1 aliphatic rings. The molecule has 0 unspecified atom stereocenters. The van der Waals surface area contributed by atoms with Gasteiger partial charge in [0, 0.05) is 50.5 Å². The number of halogens is 3. The summed E-state index contributed by atoms with van der Waals surface area (Å²) >= 11 is 0. The predicted molar refractivity (Wildman–Crippen MR) is 116 cm³/mol. The van der Waals surface area contributed by atoms with Crippen molar-refractivity contribution >= 4 is 17.5 Å². The maximum Gasteiger partial charge on any atom is 0.416 e. The Morgan fingerprint density at radius 3 is 2.25 bits per heavy atom. The topological polar surface area (TPSA) is 64.7 Å². The largest absolute Gasteiger partial charge is 0.416 e. The second-order valence-electron chi connectivity index (χ2n) is 7.74. The molecule has 0 saturated carbocycles. The van der Waals surface area contributed by atoms with Crippen LogP contribution in [0, 0.1) is 0 Å². The van der Waals surface area contributed by atoms with E-state index in [4.69, 9.17) is 0 Å². The molecular formula is C23H27F3N4O2. The van der Waals surface area contributed by atoms with Gasteiger partial charge in [0.15, 0.2) is 0 Å². The molecule has 2 aromatic rings. The molecule has 2 amide bonds. The molecule has 1 heterocycles. The Morgan fingerprint density at radius 1 is 0.969 bits per heavy atom. The normalized spacial score (nSPS) is 15.4. The quantitative estimate of drug-likeness (QED) is 0.683. The molecule has 1 aliphatic heterocycles. The number of piperazine rings is 1. The molecule has 172 valence electrons. The maximum atomic E-state index is 12.7. The van der Waals surface area contributed by atoms with Crippen molar-refractivity contribution in [2.24, 2.45) is 0 Å². The monoisotopic (exact) mass is 448 g/mol. The van der Waals surface area contributed by atoms with Crippen molar-refractivity contribution in [3.63, 3.8) is 0 Å². The van der Waals surface area contributed by atoms with Crippen molar-refractivity contribution in [2.45, 2.75) is 19.6 Å². The van der Waals surface area contributed by atoms with Crippen LogP contribution in [0.2, 0.25) is 0 Å². The first-order valence-electron chi connectivity index (χ1n) is 10.5. The second-order valence-corrected chi connectivity index (χ2v) is 7.74. The summed E-state index contributed by atoms with van der Waals surface area (Å²) in [4.78, 5) is 28.5. The summed E-state index contributed by atoms with van der Waals surface area (Å²) in [5, 5.41) is 5.55. The van der Waals surface area contributed by atoms with E-state index in [1.165, 1.54) is 12.1 Å². The van der Waals surface area contributed by atoms with Crippen LogP contribution in [0.1, 0.15) is 28.4 Å². The van der Waals surface area contributed by atoms with Crippen LogP contribution in [0.5, 0.6) is 0 Å². The van der Waals surface area contributed by atoms with Gasteiger partial charge in [-0.1, -0.05) is 18.2 Å². The fourth-order valence-corrected chi connectivity index (χ4v) is 3.57. The Balaban J connectivity index is 1.44. The summed E-state index contributed by atoms with van der Waals surface area (Å²) in [5.41, 5.74) is 1.24. The lowest BCUT2D eigenvalue weighted by Gasteiger charge is -2.34. The minimum atomic E-state index is -4.33. The van der Waals surface area contributed by atoms with Crippen LogP contribution in [0.25, 0.3) is 0 Å². The number of nitrogens with zero attached hydrogens (tertiary/aromatic N) is 2. The second kappa shape index (κ2) is 10.6. The van der Waals surface area contributed by atoms with Gasteiger partial charge in [-0.15, -0.1) is 0 Å². The number of benzene rings is 2. The Labute approximate surface area is 185 Å². The number of rotatable bonds is 7. The number of anilines is 1. The Morgan fingerprint density at radius 2 is 1.62 bits per heavy atom. The number of hydrogen-bond donors (Lipinski definition) is 2. The molecule has 32 heavy (non-hydrogen) atoms. The first-order chi connectivity index (χ1) is 15.2. The summed E-state index contributed by atoms with van der Waals surface area (Å²) in [5.74, 6) is -0.345. The molecule has 1 saturated heterocycles. The molecule has 2 aromatic carbocycles. The highest BCUT2D eigenvalue weighted by Crippen LogP contribution is 2.29. The van der Waals surface area contributed by atoms with Crippen LogP contribution in [-0.4, -0.2) is 60.9 Å². The Bertz CT molecular complexity index is 924. The standard InChI is InChI=1S/C23H27F3N4O2/c1-2-27-22(32)18-4-3-5-20(14-18)28-21(31)16-30-12-10-29(11-13-30)15-17-6-8-19(9-7-17)23(24,25)26/h3-9,14H,2,10-13,15-16H2,1H3,(H,27,32)(H,28,31). The third-order valence-corrected chi connectivity index (χ3v) is 5.27. The van der Waals surface area contributed by atoms with E-state index >= 15 is 0 Å². The van der Waals surface area contributed by atoms with E-state index in [9.17, 15) is 22.8 Å². The van der Waals surface area contributed by atoms with E-state index in [0.29, 0.717) is 37.4 Å². The van der Waals surface area contributed by atoms with Gasteiger partial charge in [0.05, 0.1) is 12.1 Å². The van der Waals surface area contributed by atoms with Gasteiger partial charge in [-0.2, -0.15) is 13.2 Å². The zero-order valence-electron chi connectivity index (χ0n) is 17.9. The van der Waals surface area contributed by atoms with Crippen molar-refractivity contribution in [3.8, 4) is 0 Å². The number of amides is 2. The SMILES string of the molecule is CCNC(=O)c1cccc(NC(=O)CN2CCN(Cc3ccc(C(F)(F)F)cc3)CC2)c1. The van der Waals surface area contributed by atoms with Crippen LogP contribution in [-0.2, 0) is 17.5 Å². The summed E-state index contributed by atoms with van der Waals surface area (Å²) < 4.78 is 38.0. The molecule has 0 atom stereocenters. The van der Waals surface area contributed by atoms with E-state index in [1.807, 2.05) is 11.8 Å². The highest BCUT2D eigenvalue weighted by molar-refractivity contribution is 5.97. The average molecular weight is 448 g/mol. The number of hydrogen-bond acceptors (Lipinski definition) is 4. The van der Waals surface area contributed by atoms with Gasteiger partial charge in [-0.05, 0) is 42.8 Å². The zero-order valence-corrected chi connectivity index (χ0v) is 17.9. The molecule has 3 rings (SSSR count). The van der Waals surface area contributed by atoms with Crippen LogP contribution < -0.4 is 10.6 Å². The van der Waals surface area contributed by atoms with Gasteiger partial charge < -0.3 is 10.6 Å². The Kier molecular flexibility index (Phi) is 7.87. The zero-order chi connectivity index (χ0) is 23.1. The predicted octanol–water partition coefficient (Wildman–Crippen LogP) is 3.21. The Hall–Kier alpha value is -2.91. The molecule has 6 nitrogen and oxygen atoms in total. The summed E-state index contributed by atoms with van der Waals surface area (Å²) in [6.45, 7) is 6.00. The summed E-state index contributed by atoms with van der Waals surface area (Å²) in [6.07, 6.45) is -4.33. The minimum Gasteiger partial charge on any atom is -0.352 e. The molecule has 0 aromatic heterocycles. The van der Waals surface area contributed by atoms with Crippen LogP contribution in [0.15, 0.2) is 48.5 Å². The molecule has 0 radical (unpaired) electrons. The molecule has 0 bridgehead atoms. The van der Waals surface area contributed by atoms with Gasteiger partial charge in [-0.3, -0.25) is 19.4 Å². The summed E-state index contributed by atoms with van der Waals surface area (Å²) in [7, 11) is 0. The van der Waals surface area contributed by atoms with Gasteiger partial charge in [-0.25, -0.2) is 0 Å². The number of nitrogens with one attached hydrogen (secondary N) is 2. The van der Waals surface area contributed by atoms with E-state index < -0.39 is 11.7 Å². The van der Waals surface area contributed by atoms with E-state index in [-0.39, 0.29) is 18.4 Å². The summed E-state index contributed by atoms with van der Waals surface area (Å²) in [6, 6.07) is 12.0. The third-order valence-electron chi connectivity index (χ3n) is 5.27. The molecule has 0 aliphatic carbocycles. The van der Waals surface area contributed by atoms with Crippen LogP contribution in [0.4, 0.5) is 18.9 Å². The van der Waals surface area contributed by atoms with Crippen molar-refractivity contribution < 1.29 is 22.8 Å². The first kappa shape index (κ1) is 23.7. The van der Waals surface area contributed by atoms with Gasteiger partial charge in [0.2, 0.25) is 5.91 Å². The van der Waals surface area contributed by atoms with Crippen molar-refractivity contribution in [1.29, 1.82) is 0 Å². The first-order valence-corrected chi connectivity index (χ1v) is 10.5. The number of carbonyl (C=O) groups is 2. The van der Waals surface area contributed by atoms with Crippen molar-refractivity contribution in [3.05, 3.63) is 65.2 Å². The van der Waals surface area contributed by atoms with Gasteiger partial charge >= 0.3 is 6.18 Å². The van der Waals surface area contributed by atoms with Crippen LogP contribution in [0.3, 0.4) is 0 Å². The molecule has 0 spiro atoms. The van der Waals surface area contributed by atoms with Crippen LogP contribution >= 0.6 is 0 Å². The van der Waals surface area contributed by atoms with Crippen molar-refractivity contribution in [2.75, 3.05) is 44.6 Å². The maximum absolute atomic E-state index is 12.7. The van der Waals surface area contributed by atoms with E-state index in [1.54, 1.807) is 24.3 Å². The molecule has 2 N–H and O–H groups in total. The molecule has 1 fully saturated rings. The molecule has 9 heteroatoms. The fraction of sp³-hybridized carbons (Fsp3) is 0.391. The van der Waals surface area contributed by atoms with Gasteiger partial charge in [0.25, 0.3) is 5.91 Å². The van der Waals surface area contributed by atoms with E-state index in [0.717, 1.165) is 30.8 Å².